The van der Waals surface area contributed by atoms with Gasteiger partial charge in [-0.1, -0.05) is 20.8 Å². The van der Waals surface area contributed by atoms with Crippen molar-refractivity contribution in [2.75, 3.05) is 0 Å². The fourth-order valence-corrected chi connectivity index (χ4v) is 0.167. The third-order valence-corrected chi connectivity index (χ3v) is 1.02. The van der Waals surface area contributed by atoms with E-state index in [0.29, 0.717) is 5.92 Å². The van der Waals surface area contributed by atoms with Crippen molar-refractivity contribution >= 4 is 0 Å². The van der Waals surface area contributed by atoms with Crippen LogP contribution in [0.15, 0.2) is 0 Å². The van der Waals surface area contributed by atoms with Crippen LogP contribution < -0.4 is 0 Å². The molecule has 0 aromatic heterocycles. The third kappa shape index (κ3) is 17.6. The van der Waals surface area contributed by atoms with Gasteiger partial charge >= 0.3 is 0 Å². The maximum absolute atomic E-state index is 3.73. The molecule has 0 bridgehead atoms. The van der Waals surface area contributed by atoms with Gasteiger partial charge in [0.2, 0.25) is 0 Å². The van der Waals surface area contributed by atoms with Gasteiger partial charge in [0.05, 0.1) is 0 Å². The summed E-state index contributed by atoms with van der Waals surface area (Å²) in [4.78, 5) is 0. The van der Waals surface area contributed by atoms with Crippen LogP contribution in [-0.4, -0.2) is 0 Å². The van der Waals surface area contributed by atoms with Crippen molar-refractivity contribution in [3.63, 3.8) is 0 Å². The summed E-state index contributed by atoms with van der Waals surface area (Å²) in [5.41, 5.74) is 0. The molecular weight excluding hydrogens is 185 g/mol. The maximum atomic E-state index is 3.73. The second-order valence-electron chi connectivity index (χ2n) is 1.60. The van der Waals surface area contributed by atoms with Crippen molar-refractivity contribution in [3.05, 3.63) is 13.3 Å². The number of hydrogen-bond acceptors (Lipinski definition) is 0. The summed E-state index contributed by atoms with van der Waals surface area (Å²) < 4.78 is 0. The minimum Gasteiger partial charge on any atom is -0.345 e. The molecule has 0 N–H and O–H groups in total. The van der Waals surface area contributed by atoms with Gasteiger partial charge < -0.3 is 13.3 Å². The van der Waals surface area contributed by atoms with Gasteiger partial charge in [0, 0.05) is 32.7 Å². The fourth-order valence-electron chi connectivity index (χ4n) is 0.167. The molecule has 0 amide bonds. The Labute approximate surface area is 85.7 Å². The summed E-state index contributed by atoms with van der Waals surface area (Å²) >= 11 is 0. The average molecular weight is 203 g/mol. The Morgan fingerprint density at radius 1 is 1.44 bits per heavy atom. The quantitative estimate of drug-likeness (QED) is 0.605. The molecular formula is C8H18Y-2. The summed E-state index contributed by atoms with van der Waals surface area (Å²) in [5.74, 6) is 0.699. The second-order valence-corrected chi connectivity index (χ2v) is 1.60. The molecule has 0 aromatic carbocycles. The van der Waals surface area contributed by atoms with Crippen LogP contribution in [0.4, 0.5) is 0 Å². The van der Waals surface area contributed by atoms with E-state index in [0.717, 1.165) is 6.42 Å². The standard InChI is InChI=1S/C6H12.C2H6.Y/c1-4-6(3)5-2;1-2;/h5-6H,1,4H2,2-3H3;1-2H3;/q-2;;. The van der Waals surface area contributed by atoms with Gasteiger partial charge in [-0.25, -0.2) is 6.42 Å². The van der Waals surface area contributed by atoms with E-state index in [-0.39, 0.29) is 32.7 Å². The first-order valence-corrected chi connectivity index (χ1v) is 3.40. The van der Waals surface area contributed by atoms with Crippen molar-refractivity contribution in [1.29, 1.82) is 0 Å². The Hall–Kier alpha value is 1.10. The van der Waals surface area contributed by atoms with Gasteiger partial charge in [0.1, 0.15) is 0 Å². The molecule has 1 atom stereocenters. The fraction of sp³-hybridized carbons (Fsp3) is 0.750. The van der Waals surface area contributed by atoms with Crippen LogP contribution in [-0.2, 0) is 32.7 Å². The summed E-state index contributed by atoms with van der Waals surface area (Å²) in [6.07, 6.45) is 3.18. The minimum absolute atomic E-state index is 0. The van der Waals surface area contributed by atoms with Crippen LogP contribution >= 0.6 is 0 Å². The predicted octanol–water partition coefficient (Wildman–Crippen LogP) is 3.09. The monoisotopic (exact) mass is 203 g/mol. The zero-order valence-corrected chi connectivity index (χ0v) is 9.98. The molecule has 55 valence electrons. The van der Waals surface area contributed by atoms with Crippen LogP contribution in [0.1, 0.15) is 34.1 Å². The average Bonchev–Trinajstić information content (AvgIpc) is 1.91. The SMILES string of the molecule is CC.[CH2-]CC(C)[CH-]C.[Y]. The first-order valence-electron chi connectivity index (χ1n) is 3.40. The summed E-state index contributed by atoms with van der Waals surface area (Å²) in [7, 11) is 0. The molecule has 0 aliphatic heterocycles. The molecule has 0 spiro atoms. The largest absolute Gasteiger partial charge is 0.345 e. The van der Waals surface area contributed by atoms with Crippen LogP contribution in [0.25, 0.3) is 0 Å². The van der Waals surface area contributed by atoms with Gasteiger partial charge in [0.25, 0.3) is 0 Å². The van der Waals surface area contributed by atoms with Gasteiger partial charge in [0.15, 0.2) is 0 Å². The van der Waals surface area contributed by atoms with Crippen molar-refractivity contribution in [3.8, 4) is 0 Å². The molecule has 0 saturated heterocycles. The van der Waals surface area contributed by atoms with E-state index in [1.807, 2.05) is 13.8 Å². The molecule has 1 heteroatoms. The minimum atomic E-state index is 0. The molecule has 0 saturated carbocycles. The number of rotatable bonds is 2. The Balaban J connectivity index is -0.000000109. The van der Waals surface area contributed by atoms with Crippen LogP contribution in [0.5, 0.6) is 0 Å². The molecule has 1 unspecified atom stereocenters. The van der Waals surface area contributed by atoms with Crippen LogP contribution in [0.3, 0.4) is 0 Å². The second kappa shape index (κ2) is 16.0. The van der Waals surface area contributed by atoms with E-state index in [1.54, 1.807) is 0 Å². The molecule has 0 aliphatic carbocycles. The molecule has 0 fully saturated rings. The van der Waals surface area contributed by atoms with Gasteiger partial charge in [-0.05, 0) is 0 Å². The zero-order chi connectivity index (χ0) is 6.99. The topological polar surface area (TPSA) is 0 Å². The Bertz CT molecular complexity index is 23.7. The van der Waals surface area contributed by atoms with E-state index in [9.17, 15) is 0 Å². The van der Waals surface area contributed by atoms with Crippen molar-refractivity contribution in [2.24, 2.45) is 5.92 Å². The summed E-state index contributed by atoms with van der Waals surface area (Å²) in [5, 5.41) is 0. The van der Waals surface area contributed by atoms with E-state index in [1.165, 1.54) is 0 Å². The Morgan fingerprint density at radius 3 is 1.78 bits per heavy atom. The molecule has 0 aromatic rings. The van der Waals surface area contributed by atoms with Crippen LogP contribution in [0.2, 0.25) is 0 Å². The smallest absolute Gasteiger partial charge is 0 e. The summed E-state index contributed by atoms with van der Waals surface area (Å²) in [6, 6.07) is 0. The van der Waals surface area contributed by atoms with Gasteiger partial charge in [-0.3, -0.25) is 0 Å². The van der Waals surface area contributed by atoms with E-state index in [2.05, 4.69) is 27.2 Å². The number of hydrogen-bond donors (Lipinski definition) is 0. The maximum Gasteiger partial charge on any atom is 0 e. The molecule has 0 heterocycles. The van der Waals surface area contributed by atoms with Crippen molar-refractivity contribution in [1.82, 2.24) is 0 Å². The molecule has 0 aliphatic rings. The molecule has 1 radical (unpaired) electrons. The van der Waals surface area contributed by atoms with E-state index >= 15 is 0 Å². The van der Waals surface area contributed by atoms with E-state index in [4.69, 9.17) is 0 Å². The molecule has 9 heavy (non-hydrogen) atoms. The van der Waals surface area contributed by atoms with Crippen molar-refractivity contribution < 1.29 is 32.7 Å². The van der Waals surface area contributed by atoms with Crippen molar-refractivity contribution in [2.45, 2.75) is 34.1 Å². The Morgan fingerprint density at radius 2 is 1.78 bits per heavy atom. The van der Waals surface area contributed by atoms with E-state index < -0.39 is 0 Å². The first kappa shape index (κ1) is 16.6. The van der Waals surface area contributed by atoms with Crippen LogP contribution in [0, 0.1) is 19.3 Å². The molecule has 0 rings (SSSR count). The predicted molar refractivity (Wildman–Crippen MR) is 40.5 cm³/mol. The summed E-state index contributed by atoms with van der Waals surface area (Å²) in [6.45, 7) is 12.0. The normalized spacial score (nSPS) is 10.3. The third-order valence-electron chi connectivity index (χ3n) is 1.02. The van der Waals surface area contributed by atoms with Gasteiger partial charge in [-0.15, -0.1) is 0 Å². The van der Waals surface area contributed by atoms with Gasteiger partial charge in [-0.2, -0.15) is 12.8 Å². The zero-order valence-electron chi connectivity index (χ0n) is 7.15. The first-order chi connectivity index (χ1) is 3.81. The Kier molecular flexibility index (Phi) is 29.6. The molecule has 0 nitrogen and oxygen atoms in total.